The summed E-state index contributed by atoms with van der Waals surface area (Å²) in [5.41, 5.74) is 0. The molecule has 1 saturated heterocycles. The summed E-state index contributed by atoms with van der Waals surface area (Å²) in [5, 5.41) is 27.3. The smallest absolute Gasteiger partial charge is 0.145 e. The Labute approximate surface area is 75.6 Å². The summed E-state index contributed by atoms with van der Waals surface area (Å²) in [5.74, 6) is 0. The van der Waals surface area contributed by atoms with Gasteiger partial charge in [0.25, 0.3) is 0 Å². The summed E-state index contributed by atoms with van der Waals surface area (Å²) in [6, 6.07) is 0. The Morgan fingerprint density at radius 2 is 2.23 bits per heavy atom. The SMILES string of the molecule is [CH2]OO[C@H](CO)[C@H]1OC[C@H](O)[C@H]1O. The van der Waals surface area contributed by atoms with Crippen LogP contribution in [0.3, 0.4) is 0 Å². The molecule has 6 nitrogen and oxygen atoms in total. The van der Waals surface area contributed by atoms with Gasteiger partial charge in [-0.25, -0.2) is 9.78 Å². The zero-order chi connectivity index (χ0) is 9.84. The number of aliphatic hydroxyl groups is 3. The second-order valence-electron chi connectivity index (χ2n) is 2.79. The Morgan fingerprint density at radius 3 is 2.62 bits per heavy atom. The first-order valence-corrected chi connectivity index (χ1v) is 3.86. The van der Waals surface area contributed by atoms with E-state index in [4.69, 9.17) is 14.9 Å². The highest BCUT2D eigenvalue weighted by Gasteiger charge is 2.40. The lowest BCUT2D eigenvalue weighted by Crippen LogP contribution is -2.41. The van der Waals surface area contributed by atoms with Gasteiger partial charge in [0, 0.05) is 0 Å². The number of hydrogen-bond acceptors (Lipinski definition) is 6. The molecule has 1 radical (unpaired) electrons. The van der Waals surface area contributed by atoms with Crippen LogP contribution >= 0.6 is 0 Å². The number of ether oxygens (including phenoxy) is 1. The van der Waals surface area contributed by atoms with Gasteiger partial charge in [0.05, 0.1) is 13.2 Å². The minimum atomic E-state index is -1.08. The molecular weight excluding hydrogens is 180 g/mol. The second kappa shape index (κ2) is 4.85. The maximum atomic E-state index is 9.34. The van der Waals surface area contributed by atoms with Gasteiger partial charge in [-0.1, -0.05) is 0 Å². The van der Waals surface area contributed by atoms with Crippen LogP contribution in [0.2, 0.25) is 0 Å². The van der Waals surface area contributed by atoms with Crippen molar-refractivity contribution in [2.24, 2.45) is 0 Å². The predicted molar refractivity (Wildman–Crippen MR) is 40.2 cm³/mol. The summed E-state index contributed by atoms with van der Waals surface area (Å²) in [7, 11) is 2.96. The van der Waals surface area contributed by atoms with Crippen molar-refractivity contribution in [2.75, 3.05) is 13.2 Å². The Hall–Kier alpha value is -0.240. The van der Waals surface area contributed by atoms with Gasteiger partial charge in [0.1, 0.15) is 31.5 Å². The van der Waals surface area contributed by atoms with E-state index in [9.17, 15) is 5.11 Å². The minimum Gasteiger partial charge on any atom is -0.393 e. The van der Waals surface area contributed by atoms with Crippen molar-refractivity contribution in [1.29, 1.82) is 0 Å². The molecule has 4 atom stereocenters. The standard InChI is InChI=1S/C7H13O6/c1-11-13-5(2-8)7-6(10)4(9)3-12-7/h4-10H,1-3H2/t4-,5+,6+,7+/m0/s1. The van der Waals surface area contributed by atoms with Gasteiger partial charge in [-0.15, -0.1) is 0 Å². The molecule has 1 aliphatic heterocycles. The first kappa shape index (κ1) is 10.8. The molecule has 1 aliphatic rings. The molecule has 1 heterocycles. The van der Waals surface area contributed by atoms with Crippen LogP contribution in [0.1, 0.15) is 0 Å². The largest absolute Gasteiger partial charge is 0.393 e. The van der Waals surface area contributed by atoms with Gasteiger partial charge in [-0.3, -0.25) is 0 Å². The number of rotatable bonds is 4. The molecule has 0 aliphatic carbocycles. The van der Waals surface area contributed by atoms with Gasteiger partial charge in [0.15, 0.2) is 0 Å². The molecule has 0 bridgehead atoms. The van der Waals surface area contributed by atoms with Crippen molar-refractivity contribution in [3.63, 3.8) is 0 Å². The zero-order valence-electron chi connectivity index (χ0n) is 7.00. The zero-order valence-corrected chi connectivity index (χ0v) is 7.00. The third-order valence-electron chi connectivity index (χ3n) is 1.93. The molecule has 77 valence electrons. The summed E-state index contributed by atoms with van der Waals surface area (Å²) in [6.07, 6.45) is -3.66. The molecule has 0 unspecified atom stereocenters. The van der Waals surface area contributed by atoms with Crippen molar-refractivity contribution >= 4 is 0 Å². The van der Waals surface area contributed by atoms with Crippen LogP contribution < -0.4 is 0 Å². The third kappa shape index (κ3) is 2.37. The lowest BCUT2D eigenvalue weighted by molar-refractivity contribution is -0.314. The van der Waals surface area contributed by atoms with E-state index in [1.165, 1.54) is 0 Å². The highest BCUT2D eigenvalue weighted by molar-refractivity contribution is 4.87. The molecule has 0 spiro atoms. The van der Waals surface area contributed by atoms with Crippen LogP contribution in [0.15, 0.2) is 0 Å². The van der Waals surface area contributed by atoms with Crippen molar-refractivity contribution in [3.8, 4) is 0 Å². The summed E-state index contributed by atoms with van der Waals surface area (Å²) >= 11 is 0. The van der Waals surface area contributed by atoms with Gasteiger partial charge in [-0.2, -0.15) is 0 Å². The fraction of sp³-hybridized carbons (Fsp3) is 0.857. The van der Waals surface area contributed by atoms with E-state index in [-0.39, 0.29) is 13.2 Å². The summed E-state index contributed by atoms with van der Waals surface area (Å²) in [6.45, 7) is -0.368. The third-order valence-corrected chi connectivity index (χ3v) is 1.93. The summed E-state index contributed by atoms with van der Waals surface area (Å²) in [4.78, 5) is 8.64. The van der Waals surface area contributed by atoms with Gasteiger partial charge < -0.3 is 20.1 Å². The lowest BCUT2D eigenvalue weighted by atomic mass is 10.1. The van der Waals surface area contributed by atoms with E-state index < -0.39 is 24.4 Å². The molecule has 1 fully saturated rings. The van der Waals surface area contributed by atoms with E-state index in [2.05, 4.69) is 16.9 Å². The molecule has 0 aromatic carbocycles. The minimum absolute atomic E-state index is 0.0167. The van der Waals surface area contributed by atoms with Crippen LogP contribution in [-0.4, -0.2) is 52.9 Å². The molecule has 0 aromatic rings. The van der Waals surface area contributed by atoms with Crippen molar-refractivity contribution in [3.05, 3.63) is 7.11 Å². The Bertz CT molecular complexity index is 152. The number of aliphatic hydroxyl groups excluding tert-OH is 3. The van der Waals surface area contributed by atoms with Crippen LogP contribution in [-0.2, 0) is 14.5 Å². The maximum absolute atomic E-state index is 9.34. The van der Waals surface area contributed by atoms with Crippen LogP contribution in [0.4, 0.5) is 0 Å². The normalized spacial score (nSPS) is 36.5. The lowest BCUT2D eigenvalue weighted by Gasteiger charge is -2.21. The van der Waals surface area contributed by atoms with Crippen LogP contribution in [0.5, 0.6) is 0 Å². The van der Waals surface area contributed by atoms with E-state index >= 15 is 0 Å². The summed E-state index contributed by atoms with van der Waals surface area (Å²) < 4.78 is 4.99. The molecular formula is C7H13O6. The highest BCUT2D eigenvalue weighted by Crippen LogP contribution is 2.19. The Balaban J connectivity index is 2.49. The fourth-order valence-electron chi connectivity index (χ4n) is 1.23. The van der Waals surface area contributed by atoms with Gasteiger partial charge in [0.2, 0.25) is 0 Å². The van der Waals surface area contributed by atoms with Crippen molar-refractivity contribution < 1.29 is 29.8 Å². The molecule has 0 aromatic heterocycles. The van der Waals surface area contributed by atoms with E-state index in [0.29, 0.717) is 0 Å². The van der Waals surface area contributed by atoms with Crippen LogP contribution in [0.25, 0.3) is 0 Å². The maximum Gasteiger partial charge on any atom is 0.145 e. The monoisotopic (exact) mass is 193 g/mol. The highest BCUT2D eigenvalue weighted by atomic mass is 17.2. The fourth-order valence-corrected chi connectivity index (χ4v) is 1.23. The Morgan fingerprint density at radius 1 is 1.54 bits per heavy atom. The van der Waals surface area contributed by atoms with E-state index in [1.54, 1.807) is 0 Å². The van der Waals surface area contributed by atoms with Gasteiger partial charge in [-0.05, 0) is 0 Å². The molecule has 3 N–H and O–H groups in total. The molecule has 13 heavy (non-hydrogen) atoms. The average molecular weight is 193 g/mol. The second-order valence-corrected chi connectivity index (χ2v) is 2.79. The first-order chi connectivity index (χ1) is 6.20. The Kier molecular flexibility index (Phi) is 4.04. The van der Waals surface area contributed by atoms with Crippen molar-refractivity contribution in [1.82, 2.24) is 0 Å². The van der Waals surface area contributed by atoms with Crippen LogP contribution in [0, 0.1) is 7.11 Å². The topological polar surface area (TPSA) is 88.4 Å². The number of hydrogen-bond donors (Lipinski definition) is 3. The average Bonchev–Trinajstić information content (AvgIpc) is 2.45. The first-order valence-electron chi connectivity index (χ1n) is 3.86. The molecule has 0 amide bonds. The van der Waals surface area contributed by atoms with Crippen molar-refractivity contribution in [2.45, 2.75) is 24.4 Å². The van der Waals surface area contributed by atoms with E-state index in [1.807, 2.05) is 0 Å². The molecule has 0 saturated carbocycles. The molecule has 1 rings (SSSR count). The molecule has 6 heteroatoms. The predicted octanol–water partition coefficient (Wildman–Crippen LogP) is -1.79. The quantitative estimate of drug-likeness (QED) is 0.361. The van der Waals surface area contributed by atoms with E-state index in [0.717, 1.165) is 0 Å². The van der Waals surface area contributed by atoms with Gasteiger partial charge >= 0.3 is 0 Å².